The van der Waals surface area contributed by atoms with Gasteiger partial charge in [0.15, 0.2) is 0 Å². The van der Waals surface area contributed by atoms with Crippen molar-refractivity contribution >= 4 is 17.6 Å². The highest BCUT2D eigenvalue weighted by Gasteiger charge is 2.52. The minimum atomic E-state index is -3.14. The third-order valence-electron chi connectivity index (χ3n) is 4.08. The fourth-order valence-corrected chi connectivity index (χ4v) is 9.46. The van der Waals surface area contributed by atoms with Gasteiger partial charge >= 0.3 is 17.6 Å². The lowest BCUT2D eigenvalue weighted by Gasteiger charge is -2.36. The third-order valence-corrected chi connectivity index (χ3v) is 10.8. The molecule has 0 spiro atoms. The fourth-order valence-electron chi connectivity index (χ4n) is 3.04. The molecule has 24 heavy (non-hydrogen) atoms. The Morgan fingerprint density at radius 3 is 1.96 bits per heavy atom. The topological polar surface area (TPSA) is 46.2 Å². The highest BCUT2D eigenvalue weighted by Crippen LogP contribution is 2.29. The Balaban J connectivity index is 2.79. The summed E-state index contributed by atoms with van der Waals surface area (Å²) in [5.74, 6) is 0.636. The standard InChI is InChI=1S/C17H36O5Si2/c1-6-18-23(5,16-15-17-13-11-10-12-14-17)22-24(19-7-2,20-8-3)21-9-4/h11,13,17H,6-10,12,14-16H2,1-5H3. The zero-order chi connectivity index (χ0) is 17.9. The van der Waals surface area contributed by atoms with Crippen molar-refractivity contribution in [2.45, 2.75) is 66.0 Å². The van der Waals surface area contributed by atoms with Gasteiger partial charge < -0.3 is 21.8 Å². The van der Waals surface area contributed by atoms with Crippen molar-refractivity contribution in [2.75, 3.05) is 26.4 Å². The van der Waals surface area contributed by atoms with Crippen LogP contribution in [0, 0.1) is 5.92 Å². The Kier molecular flexibility index (Phi) is 10.6. The molecule has 7 heteroatoms. The third kappa shape index (κ3) is 7.47. The summed E-state index contributed by atoms with van der Waals surface area (Å²) in [6.45, 7) is 12.1. The fraction of sp³-hybridized carbons (Fsp3) is 0.882. The van der Waals surface area contributed by atoms with E-state index in [1.807, 2.05) is 27.7 Å². The first-order valence-electron chi connectivity index (χ1n) is 9.45. The molecule has 0 aromatic rings. The second-order valence-electron chi connectivity index (χ2n) is 6.13. The van der Waals surface area contributed by atoms with E-state index in [0.717, 1.165) is 12.5 Å². The SMILES string of the molecule is CCO[Si](C)(CCC1C=CCCC1)O[Si](OCC)(OCC)OCC. The maximum atomic E-state index is 6.44. The van der Waals surface area contributed by atoms with Gasteiger partial charge in [0, 0.05) is 26.4 Å². The van der Waals surface area contributed by atoms with E-state index < -0.39 is 17.6 Å². The summed E-state index contributed by atoms with van der Waals surface area (Å²) in [4.78, 5) is 0. The van der Waals surface area contributed by atoms with Crippen molar-refractivity contribution in [3.8, 4) is 0 Å². The lowest BCUT2D eigenvalue weighted by atomic mass is 9.94. The van der Waals surface area contributed by atoms with Gasteiger partial charge in [-0.3, -0.25) is 0 Å². The van der Waals surface area contributed by atoms with Gasteiger partial charge in [0.25, 0.3) is 0 Å². The summed E-state index contributed by atoms with van der Waals surface area (Å²) < 4.78 is 30.1. The van der Waals surface area contributed by atoms with Gasteiger partial charge in [0.05, 0.1) is 0 Å². The molecular formula is C17H36O5Si2. The average molecular weight is 377 g/mol. The van der Waals surface area contributed by atoms with Crippen LogP contribution >= 0.6 is 0 Å². The van der Waals surface area contributed by atoms with Gasteiger partial charge in [-0.05, 0) is 71.9 Å². The number of rotatable bonds is 13. The molecule has 0 heterocycles. The van der Waals surface area contributed by atoms with E-state index in [4.69, 9.17) is 21.8 Å². The summed E-state index contributed by atoms with van der Waals surface area (Å²) >= 11 is 0. The zero-order valence-electron chi connectivity index (χ0n) is 16.1. The van der Waals surface area contributed by atoms with Crippen molar-refractivity contribution in [3.63, 3.8) is 0 Å². The number of hydrogen-bond acceptors (Lipinski definition) is 5. The first kappa shape index (κ1) is 22.0. The molecule has 1 aliphatic carbocycles. The first-order chi connectivity index (χ1) is 11.5. The Labute approximate surface area is 150 Å². The molecule has 0 aromatic heterocycles. The molecule has 1 rings (SSSR count). The van der Waals surface area contributed by atoms with Crippen molar-refractivity contribution in [1.82, 2.24) is 0 Å². The van der Waals surface area contributed by atoms with Crippen LogP contribution in [0.1, 0.15) is 53.4 Å². The molecule has 0 saturated heterocycles. The molecular weight excluding hydrogens is 340 g/mol. The zero-order valence-corrected chi connectivity index (χ0v) is 18.1. The van der Waals surface area contributed by atoms with Crippen LogP contribution in [0.5, 0.6) is 0 Å². The van der Waals surface area contributed by atoms with Gasteiger partial charge in [0.2, 0.25) is 0 Å². The summed E-state index contributed by atoms with van der Waals surface area (Å²) in [7, 11) is -5.56. The van der Waals surface area contributed by atoms with Crippen molar-refractivity contribution in [3.05, 3.63) is 12.2 Å². The van der Waals surface area contributed by atoms with Crippen molar-refractivity contribution in [1.29, 1.82) is 0 Å². The van der Waals surface area contributed by atoms with Gasteiger partial charge in [-0.15, -0.1) is 0 Å². The Morgan fingerprint density at radius 2 is 1.50 bits per heavy atom. The largest absolute Gasteiger partial charge is 0.670 e. The summed E-state index contributed by atoms with van der Waals surface area (Å²) in [6, 6.07) is 0.928. The molecule has 1 aliphatic rings. The smallest absolute Gasteiger partial charge is 0.395 e. The molecule has 142 valence electrons. The Bertz CT molecular complexity index is 350. The molecule has 5 nitrogen and oxygen atoms in total. The Morgan fingerprint density at radius 1 is 0.917 bits per heavy atom. The summed E-state index contributed by atoms with van der Waals surface area (Å²) in [5.41, 5.74) is 0. The summed E-state index contributed by atoms with van der Waals surface area (Å²) in [5, 5.41) is 0. The van der Waals surface area contributed by atoms with Crippen LogP contribution < -0.4 is 0 Å². The minimum Gasteiger partial charge on any atom is -0.395 e. The maximum Gasteiger partial charge on any atom is 0.670 e. The maximum absolute atomic E-state index is 6.44. The molecule has 0 amide bonds. The number of allylic oxidation sites excluding steroid dienone is 2. The highest BCUT2D eigenvalue weighted by molar-refractivity contribution is 6.75. The predicted molar refractivity (Wildman–Crippen MR) is 101 cm³/mol. The molecule has 0 radical (unpaired) electrons. The molecule has 0 fully saturated rings. The van der Waals surface area contributed by atoms with Crippen LogP contribution in [0.15, 0.2) is 12.2 Å². The van der Waals surface area contributed by atoms with Crippen molar-refractivity contribution < 1.29 is 21.8 Å². The van der Waals surface area contributed by atoms with Crippen LogP contribution in [0.25, 0.3) is 0 Å². The highest BCUT2D eigenvalue weighted by atomic mass is 28.5. The lowest BCUT2D eigenvalue weighted by Crippen LogP contribution is -2.58. The Hall–Kier alpha value is -0.0262. The second-order valence-corrected chi connectivity index (χ2v) is 11.9. The molecule has 2 unspecified atom stereocenters. The van der Waals surface area contributed by atoms with Crippen LogP contribution in [0.2, 0.25) is 12.6 Å². The van der Waals surface area contributed by atoms with E-state index in [1.165, 1.54) is 19.3 Å². The predicted octanol–water partition coefficient (Wildman–Crippen LogP) is 4.40. The molecule has 0 aliphatic heterocycles. The van der Waals surface area contributed by atoms with Gasteiger partial charge in [-0.2, -0.15) is 0 Å². The van der Waals surface area contributed by atoms with E-state index in [1.54, 1.807) is 0 Å². The minimum absolute atomic E-state index is 0.508. The van der Waals surface area contributed by atoms with Gasteiger partial charge in [0.1, 0.15) is 0 Å². The number of hydrogen-bond donors (Lipinski definition) is 0. The van der Waals surface area contributed by atoms with Crippen LogP contribution in [-0.4, -0.2) is 44.0 Å². The van der Waals surface area contributed by atoms with Crippen LogP contribution in [0.3, 0.4) is 0 Å². The van der Waals surface area contributed by atoms with E-state index in [-0.39, 0.29) is 0 Å². The monoisotopic (exact) mass is 376 g/mol. The first-order valence-corrected chi connectivity index (χ1v) is 13.6. The van der Waals surface area contributed by atoms with Crippen LogP contribution in [0.4, 0.5) is 0 Å². The lowest BCUT2D eigenvalue weighted by molar-refractivity contribution is -0.00266. The second kappa shape index (κ2) is 11.6. The average Bonchev–Trinajstić information content (AvgIpc) is 2.55. The molecule has 0 aromatic carbocycles. The molecule has 0 bridgehead atoms. The normalized spacial score (nSPS) is 21.0. The van der Waals surface area contributed by atoms with Gasteiger partial charge in [-0.1, -0.05) is 12.2 Å². The van der Waals surface area contributed by atoms with E-state index in [2.05, 4.69) is 18.7 Å². The molecule has 0 N–H and O–H groups in total. The van der Waals surface area contributed by atoms with E-state index in [0.29, 0.717) is 32.3 Å². The summed E-state index contributed by atoms with van der Waals surface area (Å²) in [6.07, 6.45) is 9.50. The van der Waals surface area contributed by atoms with E-state index in [9.17, 15) is 0 Å². The van der Waals surface area contributed by atoms with Crippen LogP contribution in [-0.2, 0) is 21.8 Å². The van der Waals surface area contributed by atoms with E-state index >= 15 is 0 Å². The molecule has 0 saturated carbocycles. The van der Waals surface area contributed by atoms with Crippen molar-refractivity contribution in [2.24, 2.45) is 5.92 Å². The quantitative estimate of drug-likeness (QED) is 0.352. The molecule has 2 atom stereocenters. The van der Waals surface area contributed by atoms with Gasteiger partial charge in [-0.25, -0.2) is 0 Å².